The van der Waals surface area contributed by atoms with Gasteiger partial charge in [-0.25, -0.2) is 14.2 Å². The van der Waals surface area contributed by atoms with Crippen LogP contribution in [0.15, 0.2) is 29.0 Å². The van der Waals surface area contributed by atoms with E-state index in [1.807, 2.05) is 0 Å². The Bertz CT molecular complexity index is 730. The van der Waals surface area contributed by atoms with Crippen molar-refractivity contribution in [1.82, 2.24) is 9.38 Å². The number of alkyl halides is 1. The Morgan fingerprint density at radius 2 is 2.20 bits per heavy atom. The lowest BCUT2D eigenvalue weighted by atomic mass is 10.2. The third kappa shape index (κ3) is 2.49. The Balaban J connectivity index is 2.50. The molecule has 0 spiro atoms. The van der Waals surface area contributed by atoms with Gasteiger partial charge in [0.15, 0.2) is 0 Å². The molecular formula is C10H9BrFN2O5P. The summed E-state index contributed by atoms with van der Waals surface area (Å²) in [5.41, 5.74) is 0.438. The van der Waals surface area contributed by atoms with Gasteiger partial charge in [0, 0.05) is 29.0 Å². The minimum absolute atomic E-state index is 0.0423. The van der Waals surface area contributed by atoms with Crippen LogP contribution in [0.1, 0.15) is 5.69 Å². The second kappa shape index (κ2) is 4.92. The molecule has 2 aromatic rings. The highest BCUT2D eigenvalue weighted by molar-refractivity contribution is 9.10. The van der Waals surface area contributed by atoms with Crippen molar-refractivity contribution in [3.05, 3.63) is 34.7 Å². The molecule has 7 nitrogen and oxygen atoms in total. The second-order valence-corrected chi connectivity index (χ2v) is 6.82. The average Bonchev–Trinajstić information content (AvgIpc) is 2.69. The molecule has 20 heavy (non-hydrogen) atoms. The fourth-order valence-corrected chi connectivity index (χ4v) is 2.62. The van der Waals surface area contributed by atoms with Crippen molar-refractivity contribution < 1.29 is 28.6 Å². The van der Waals surface area contributed by atoms with Gasteiger partial charge in [-0.3, -0.25) is 4.57 Å². The van der Waals surface area contributed by atoms with E-state index in [1.54, 1.807) is 12.1 Å². The molecule has 108 valence electrons. The van der Waals surface area contributed by atoms with Crippen molar-refractivity contribution in [3.8, 4) is 0 Å². The number of rotatable bonds is 4. The van der Waals surface area contributed by atoms with Gasteiger partial charge in [-0.15, -0.1) is 0 Å². The van der Waals surface area contributed by atoms with Gasteiger partial charge in [0.2, 0.25) is 0 Å². The highest BCUT2D eigenvalue weighted by atomic mass is 79.9. The zero-order valence-corrected chi connectivity index (χ0v) is 12.3. The Morgan fingerprint density at radius 3 is 2.75 bits per heavy atom. The molecule has 0 aromatic carbocycles. The molecule has 0 aliphatic heterocycles. The van der Waals surface area contributed by atoms with Crippen LogP contribution in [0, 0.1) is 0 Å². The summed E-state index contributed by atoms with van der Waals surface area (Å²) >= 11 is 3.21. The smallest absolute Gasteiger partial charge is 0.374 e. The normalized spacial score (nSPS) is 15.2. The molecule has 0 aliphatic rings. The maximum atomic E-state index is 14.2. The molecule has 2 rings (SSSR count). The number of pyridine rings is 1. The number of imidazole rings is 1. The molecule has 1 atom stereocenters. The molecule has 0 amide bonds. The number of hydrogen-bond acceptors (Lipinski definition) is 3. The second-order valence-electron chi connectivity index (χ2n) is 4.11. The molecule has 0 aliphatic carbocycles. The zero-order valence-electron chi connectivity index (χ0n) is 9.77. The van der Waals surface area contributed by atoms with Gasteiger partial charge >= 0.3 is 19.0 Å². The molecule has 0 radical (unpaired) electrons. The van der Waals surface area contributed by atoms with Crippen LogP contribution in [0.2, 0.25) is 0 Å². The van der Waals surface area contributed by atoms with Crippen molar-refractivity contribution in [2.45, 2.75) is 11.8 Å². The minimum Gasteiger partial charge on any atom is -0.478 e. The SMILES string of the molecule is O=C(O)C(F)(Cc1cnc2cc(Br)ccn12)P(=O)(O)O. The van der Waals surface area contributed by atoms with Crippen LogP contribution in [0.3, 0.4) is 0 Å². The van der Waals surface area contributed by atoms with Crippen LogP contribution in [-0.2, 0) is 15.8 Å². The first-order valence-corrected chi connectivity index (χ1v) is 7.65. The van der Waals surface area contributed by atoms with Crippen molar-refractivity contribution in [1.29, 1.82) is 0 Å². The Morgan fingerprint density at radius 1 is 1.55 bits per heavy atom. The molecule has 0 fully saturated rings. The van der Waals surface area contributed by atoms with E-state index in [1.165, 1.54) is 16.8 Å². The monoisotopic (exact) mass is 366 g/mol. The number of fused-ring (bicyclic) bond motifs is 1. The van der Waals surface area contributed by atoms with Crippen LogP contribution in [0.25, 0.3) is 5.65 Å². The van der Waals surface area contributed by atoms with Crippen LogP contribution in [0.5, 0.6) is 0 Å². The summed E-state index contributed by atoms with van der Waals surface area (Å²) in [6, 6.07) is 3.21. The largest absolute Gasteiger partial charge is 0.478 e. The minimum atomic E-state index is -5.49. The Kier molecular flexibility index (Phi) is 3.72. The van der Waals surface area contributed by atoms with Gasteiger partial charge in [0.25, 0.3) is 0 Å². The van der Waals surface area contributed by atoms with Crippen molar-refractivity contribution in [3.63, 3.8) is 0 Å². The van der Waals surface area contributed by atoms with E-state index in [-0.39, 0.29) is 5.69 Å². The average molecular weight is 367 g/mol. The summed E-state index contributed by atoms with van der Waals surface area (Å²) in [6.07, 6.45) is 1.67. The fraction of sp³-hybridized carbons (Fsp3) is 0.200. The van der Waals surface area contributed by atoms with Gasteiger partial charge in [-0.1, -0.05) is 15.9 Å². The van der Waals surface area contributed by atoms with E-state index in [9.17, 15) is 13.8 Å². The zero-order chi connectivity index (χ0) is 15.1. The lowest BCUT2D eigenvalue weighted by molar-refractivity contribution is -0.146. The first kappa shape index (κ1) is 15.1. The summed E-state index contributed by atoms with van der Waals surface area (Å²) in [5, 5.41) is 5.09. The Hall–Kier alpha value is -1.28. The van der Waals surface area contributed by atoms with Gasteiger partial charge in [0.1, 0.15) is 5.65 Å². The third-order valence-corrected chi connectivity index (χ3v) is 4.52. The van der Waals surface area contributed by atoms with E-state index >= 15 is 0 Å². The summed E-state index contributed by atoms with van der Waals surface area (Å²) in [7, 11) is -5.49. The van der Waals surface area contributed by atoms with E-state index in [0.717, 1.165) is 0 Å². The van der Waals surface area contributed by atoms with E-state index in [4.69, 9.17) is 14.9 Å². The number of hydrogen-bond donors (Lipinski definition) is 3. The molecular weight excluding hydrogens is 358 g/mol. The van der Waals surface area contributed by atoms with Gasteiger partial charge in [0.05, 0.1) is 0 Å². The van der Waals surface area contributed by atoms with Gasteiger partial charge < -0.3 is 19.3 Å². The lowest BCUT2D eigenvalue weighted by Gasteiger charge is -2.21. The van der Waals surface area contributed by atoms with E-state index < -0.39 is 25.4 Å². The van der Waals surface area contributed by atoms with Gasteiger partial charge in [-0.2, -0.15) is 0 Å². The predicted octanol–water partition coefficient (Wildman–Crippen LogP) is 1.57. The number of carboxylic acid groups (broad SMARTS) is 1. The van der Waals surface area contributed by atoms with E-state index in [2.05, 4.69) is 20.9 Å². The summed E-state index contributed by atoms with van der Waals surface area (Å²) in [5.74, 6) is -2.21. The fourth-order valence-electron chi connectivity index (χ4n) is 1.68. The third-order valence-electron chi connectivity index (χ3n) is 2.76. The highest BCUT2D eigenvalue weighted by Crippen LogP contribution is 2.53. The quantitative estimate of drug-likeness (QED) is 0.708. The molecule has 0 saturated carbocycles. The highest BCUT2D eigenvalue weighted by Gasteiger charge is 2.55. The van der Waals surface area contributed by atoms with Crippen molar-refractivity contribution >= 4 is 35.1 Å². The number of aliphatic carboxylic acids is 1. The predicted molar refractivity (Wildman–Crippen MR) is 70.1 cm³/mol. The first-order chi connectivity index (χ1) is 9.15. The molecule has 2 heterocycles. The van der Waals surface area contributed by atoms with Crippen molar-refractivity contribution in [2.24, 2.45) is 0 Å². The summed E-state index contributed by atoms with van der Waals surface area (Å²) < 4.78 is 27.4. The number of nitrogens with zero attached hydrogens (tertiary/aromatic N) is 2. The summed E-state index contributed by atoms with van der Waals surface area (Å²) in [6.45, 7) is 0. The van der Waals surface area contributed by atoms with Crippen LogP contribution < -0.4 is 0 Å². The number of carboxylic acids is 1. The van der Waals surface area contributed by atoms with Crippen LogP contribution in [-0.4, -0.2) is 35.7 Å². The maximum absolute atomic E-state index is 14.2. The number of carbonyl (C=O) groups is 1. The molecule has 0 saturated heterocycles. The van der Waals surface area contributed by atoms with E-state index in [0.29, 0.717) is 10.1 Å². The maximum Gasteiger partial charge on any atom is 0.374 e. The molecule has 2 aromatic heterocycles. The topological polar surface area (TPSA) is 112 Å². The van der Waals surface area contributed by atoms with Crippen molar-refractivity contribution in [2.75, 3.05) is 0 Å². The van der Waals surface area contributed by atoms with Crippen LogP contribution in [0.4, 0.5) is 4.39 Å². The first-order valence-electron chi connectivity index (χ1n) is 5.24. The molecule has 0 bridgehead atoms. The molecule has 1 unspecified atom stereocenters. The standard InChI is InChI=1S/C10H9BrFN2O5P/c11-6-1-2-14-7(5-13-8(14)3-6)4-10(12,9(15)16)20(17,18)19/h1-3,5H,4H2,(H,15,16)(H2,17,18,19). The summed E-state index contributed by atoms with van der Waals surface area (Å²) in [4.78, 5) is 32.7. The molecule has 3 N–H and O–H groups in total. The van der Waals surface area contributed by atoms with Gasteiger partial charge in [-0.05, 0) is 12.1 Å². The number of halogens is 2. The Labute approximate surface area is 120 Å². The van der Waals surface area contributed by atoms with Crippen LogP contribution >= 0.6 is 23.5 Å². The lowest BCUT2D eigenvalue weighted by Crippen LogP contribution is -2.36. The molecule has 10 heteroatoms. The number of aromatic nitrogens is 2.